The van der Waals surface area contributed by atoms with Gasteiger partial charge in [0, 0.05) is 18.0 Å². The highest BCUT2D eigenvalue weighted by atomic mass is 32.1. The Kier molecular flexibility index (Phi) is 4.22. The Balaban J connectivity index is 1.91. The molecule has 1 amide bonds. The van der Waals surface area contributed by atoms with Gasteiger partial charge in [0.15, 0.2) is 0 Å². The fourth-order valence-electron chi connectivity index (χ4n) is 2.10. The van der Waals surface area contributed by atoms with E-state index in [4.69, 9.17) is 0 Å². The maximum Gasteiger partial charge on any atom is 0.276 e. The first-order valence-corrected chi connectivity index (χ1v) is 7.85. The predicted octanol–water partition coefficient (Wildman–Crippen LogP) is 2.63. The van der Waals surface area contributed by atoms with Crippen molar-refractivity contribution in [2.45, 2.75) is 0 Å². The Morgan fingerprint density at radius 2 is 2.00 bits per heavy atom. The molecule has 1 N–H and O–H groups in total. The van der Waals surface area contributed by atoms with E-state index in [1.807, 2.05) is 30.3 Å². The van der Waals surface area contributed by atoms with Gasteiger partial charge in [0.05, 0.1) is 5.56 Å². The van der Waals surface area contributed by atoms with E-state index in [1.54, 1.807) is 6.07 Å². The Hall–Kier alpha value is -3.24. The quantitative estimate of drug-likeness (QED) is 0.796. The standard InChI is InChI=1S/C17H12N4O2S/c1-21-15(22)8-7-13(20-21)16(23)19-17-12(10-18)9-14(24-17)11-5-3-2-4-6-11/h2-9H,1H3,(H,19,23). The summed E-state index contributed by atoms with van der Waals surface area (Å²) in [6.45, 7) is 0. The van der Waals surface area contributed by atoms with Gasteiger partial charge in [0.2, 0.25) is 0 Å². The van der Waals surface area contributed by atoms with E-state index >= 15 is 0 Å². The number of hydrogen-bond acceptors (Lipinski definition) is 5. The van der Waals surface area contributed by atoms with E-state index in [1.165, 1.54) is 30.5 Å². The van der Waals surface area contributed by atoms with Crippen molar-refractivity contribution >= 4 is 22.2 Å². The second-order valence-electron chi connectivity index (χ2n) is 4.97. The molecule has 1 aromatic carbocycles. The molecule has 118 valence electrons. The van der Waals surface area contributed by atoms with Crippen LogP contribution in [0.3, 0.4) is 0 Å². The van der Waals surface area contributed by atoms with Crippen molar-refractivity contribution in [1.29, 1.82) is 5.26 Å². The Morgan fingerprint density at radius 3 is 2.67 bits per heavy atom. The molecule has 2 heterocycles. The predicted molar refractivity (Wildman–Crippen MR) is 91.9 cm³/mol. The van der Waals surface area contributed by atoms with Crippen LogP contribution in [0, 0.1) is 11.3 Å². The first-order chi connectivity index (χ1) is 11.6. The average molecular weight is 336 g/mol. The highest BCUT2D eigenvalue weighted by Crippen LogP contribution is 2.35. The van der Waals surface area contributed by atoms with Crippen LogP contribution >= 0.6 is 11.3 Å². The number of nitrogens with zero attached hydrogens (tertiary/aromatic N) is 3. The number of aromatic nitrogens is 2. The largest absolute Gasteiger partial charge is 0.311 e. The van der Waals surface area contributed by atoms with Crippen LogP contribution in [0.4, 0.5) is 5.00 Å². The van der Waals surface area contributed by atoms with Gasteiger partial charge < -0.3 is 5.32 Å². The number of nitrogens with one attached hydrogen (secondary N) is 1. The van der Waals surface area contributed by atoms with Gasteiger partial charge in [-0.2, -0.15) is 10.4 Å². The highest BCUT2D eigenvalue weighted by molar-refractivity contribution is 7.19. The van der Waals surface area contributed by atoms with Crippen LogP contribution in [0.1, 0.15) is 16.1 Å². The van der Waals surface area contributed by atoms with Crippen molar-refractivity contribution in [1.82, 2.24) is 9.78 Å². The zero-order valence-corrected chi connectivity index (χ0v) is 13.5. The van der Waals surface area contributed by atoms with Crippen LogP contribution in [-0.4, -0.2) is 15.7 Å². The second-order valence-corrected chi connectivity index (χ2v) is 6.02. The van der Waals surface area contributed by atoms with Gasteiger partial charge in [0.25, 0.3) is 11.5 Å². The molecule has 0 bridgehead atoms. The lowest BCUT2D eigenvalue weighted by atomic mass is 10.2. The molecular formula is C17H12N4O2S. The molecule has 0 spiro atoms. The highest BCUT2D eigenvalue weighted by Gasteiger charge is 2.15. The summed E-state index contributed by atoms with van der Waals surface area (Å²) in [4.78, 5) is 24.5. The molecule has 3 aromatic rings. The van der Waals surface area contributed by atoms with Crippen molar-refractivity contribution in [2.24, 2.45) is 7.05 Å². The third kappa shape index (κ3) is 3.09. The minimum Gasteiger partial charge on any atom is -0.311 e. The number of aryl methyl sites for hydroxylation is 1. The van der Waals surface area contributed by atoms with E-state index in [-0.39, 0.29) is 11.3 Å². The van der Waals surface area contributed by atoms with Crippen LogP contribution < -0.4 is 10.9 Å². The van der Waals surface area contributed by atoms with Gasteiger partial charge in [-0.1, -0.05) is 30.3 Å². The molecule has 0 unspecified atom stereocenters. The molecule has 0 radical (unpaired) electrons. The first-order valence-electron chi connectivity index (χ1n) is 7.03. The summed E-state index contributed by atoms with van der Waals surface area (Å²) in [6, 6.07) is 16.1. The molecule has 3 rings (SSSR count). The molecule has 0 aliphatic rings. The van der Waals surface area contributed by atoms with Crippen LogP contribution in [0.2, 0.25) is 0 Å². The number of nitriles is 1. The fraction of sp³-hybridized carbons (Fsp3) is 0.0588. The van der Waals surface area contributed by atoms with Crippen LogP contribution in [0.15, 0.2) is 53.3 Å². The summed E-state index contributed by atoms with van der Waals surface area (Å²) in [5.41, 5.74) is 1.17. The molecule has 24 heavy (non-hydrogen) atoms. The van der Waals surface area contributed by atoms with Gasteiger partial charge in [-0.25, -0.2) is 4.68 Å². The summed E-state index contributed by atoms with van der Waals surface area (Å²) in [5, 5.41) is 16.3. The van der Waals surface area contributed by atoms with E-state index in [9.17, 15) is 14.9 Å². The summed E-state index contributed by atoms with van der Waals surface area (Å²) < 4.78 is 1.09. The first kappa shape index (κ1) is 15.6. The molecule has 0 fully saturated rings. The van der Waals surface area contributed by atoms with Crippen LogP contribution in [0.5, 0.6) is 0 Å². The smallest absolute Gasteiger partial charge is 0.276 e. The monoisotopic (exact) mass is 336 g/mol. The third-order valence-corrected chi connectivity index (χ3v) is 4.43. The lowest BCUT2D eigenvalue weighted by Crippen LogP contribution is -2.23. The zero-order chi connectivity index (χ0) is 17.1. The summed E-state index contributed by atoms with van der Waals surface area (Å²) in [6.07, 6.45) is 0. The average Bonchev–Trinajstić information content (AvgIpc) is 3.01. The Morgan fingerprint density at radius 1 is 1.25 bits per heavy atom. The minimum atomic E-state index is -0.469. The molecule has 0 saturated heterocycles. The molecule has 2 aromatic heterocycles. The number of thiophene rings is 1. The van der Waals surface area contributed by atoms with Crippen molar-refractivity contribution in [3.63, 3.8) is 0 Å². The zero-order valence-electron chi connectivity index (χ0n) is 12.7. The maximum absolute atomic E-state index is 12.3. The molecule has 6 nitrogen and oxygen atoms in total. The summed E-state index contributed by atoms with van der Waals surface area (Å²) >= 11 is 1.32. The molecular weight excluding hydrogens is 324 g/mol. The van der Waals surface area contributed by atoms with E-state index in [2.05, 4.69) is 16.5 Å². The summed E-state index contributed by atoms with van der Waals surface area (Å²) in [7, 11) is 1.47. The van der Waals surface area contributed by atoms with Crippen LogP contribution in [-0.2, 0) is 7.05 Å². The lowest BCUT2D eigenvalue weighted by molar-refractivity contribution is 0.102. The van der Waals surface area contributed by atoms with Gasteiger partial charge in [-0.15, -0.1) is 11.3 Å². The van der Waals surface area contributed by atoms with Crippen molar-refractivity contribution in [3.05, 3.63) is 70.1 Å². The van der Waals surface area contributed by atoms with Crippen LogP contribution in [0.25, 0.3) is 10.4 Å². The van der Waals surface area contributed by atoms with Gasteiger partial charge >= 0.3 is 0 Å². The molecule has 0 aliphatic heterocycles. The number of hydrogen-bond donors (Lipinski definition) is 1. The number of anilines is 1. The number of carbonyl (C=O) groups excluding carboxylic acids is 1. The van der Waals surface area contributed by atoms with E-state index < -0.39 is 5.91 Å². The second kappa shape index (κ2) is 6.48. The van der Waals surface area contributed by atoms with E-state index in [0.29, 0.717) is 10.6 Å². The normalized spacial score (nSPS) is 10.2. The maximum atomic E-state index is 12.3. The van der Waals surface area contributed by atoms with E-state index in [0.717, 1.165) is 15.1 Å². The number of carbonyl (C=O) groups is 1. The number of rotatable bonds is 3. The van der Waals surface area contributed by atoms with Crippen molar-refractivity contribution < 1.29 is 4.79 Å². The number of amides is 1. The fourth-order valence-corrected chi connectivity index (χ4v) is 3.11. The third-order valence-electron chi connectivity index (χ3n) is 3.33. The van der Waals surface area contributed by atoms with Crippen molar-refractivity contribution in [2.75, 3.05) is 5.32 Å². The van der Waals surface area contributed by atoms with Gasteiger partial charge in [-0.3, -0.25) is 9.59 Å². The molecule has 7 heteroatoms. The molecule has 0 aliphatic carbocycles. The lowest BCUT2D eigenvalue weighted by Gasteiger charge is -2.03. The number of benzene rings is 1. The Labute approximate surface area is 141 Å². The van der Waals surface area contributed by atoms with Gasteiger partial charge in [0.1, 0.15) is 16.8 Å². The molecule has 0 atom stereocenters. The van der Waals surface area contributed by atoms with Crippen molar-refractivity contribution in [3.8, 4) is 16.5 Å². The summed E-state index contributed by atoms with van der Waals surface area (Å²) in [5.74, 6) is -0.469. The Bertz CT molecular complexity index is 999. The topological polar surface area (TPSA) is 87.8 Å². The minimum absolute atomic E-state index is 0.107. The SMILES string of the molecule is Cn1nc(C(=O)Nc2sc(-c3ccccc3)cc2C#N)ccc1=O. The van der Waals surface area contributed by atoms with Gasteiger partial charge in [-0.05, 0) is 17.7 Å². The molecule has 0 saturated carbocycles.